The monoisotopic (exact) mass is 472 g/mol. The minimum Gasteiger partial charge on any atom is -0.394 e. The first-order chi connectivity index (χ1) is 15.5. The first kappa shape index (κ1) is 20.9. The fourth-order valence-corrected chi connectivity index (χ4v) is 7.34. The molecular weight excluding hydrogens is 444 g/mol. The lowest BCUT2D eigenvalue weighted by molar-refractivity contribution is 0.143. The van der Waals surface area contributed by atoms with Crippen LogP contribution in [0.1, 0.15) is 62.1 Å². The summed E-state index contributed by atoms with van der Waals surface area (Å²) < 4.78 is 13.2. The van der Waals surface area contributed by atoms with Gasteiger partial charge in [-0.1, -0.05) is 23.7 Å². The number of fused-ring (bicyclic) bond motifs is 1. The molecule has 3 fully saturated rings. The summed E-state index contributed by atoms with van der Waals surface area (Å²) in [5, 5.41) is 14.3. The molecule has 2 saturated carbocycles. The predicted octanol–water partition coefficient (Wildman–Crippen LogP) is 4.04. The van der Waals surface area contributed by atoms with Crippen molar-refractivity contribution in [2.45, 2.75) is 72.5 Å². The Bertz CT molecular complexity index is 1050. The van der Waals surface area contributed by atoms with Gasteiger partial charge in [-0.25, -0.2) is 4.98 Å². The summed E-state index contributed by atoms with van der Waals surface area (Å²) >= 11 is 6.05. The highest BCUT2D eigenvalue weighted by molar-refractivity contribution is 7.87. The lowest BCUT2D eigenvalue weighted by Crippen LogP contribution is -2.49. The number of rotatable bonds is 5. The van der Waals surface area contributed by atoms with Crippen molar-refractivity contribution in [3.05, 3.63) is 40.5 Å². The Kier molecular flexibility index (Phi) is 5.01. The van der Waals surface area contributed by atoms with Crippen molar-refractivity contribution in [2.24, 2.45) is 0 Å². The van der Waals surface area contributed by atoms with E-state index in [1.165, 1.54) is 5.56 Å². The second-order valence-corrected chi connectivity index (χ2v) is 12.3. The number of aliphatic hydroxyl groups is 1. The van der Waals surface area contributed by atoms with Crippen molar-refractivity contribution in [3.63, 3.8) is 0 Å². The number of benzene rings is 1. The molecule has 0 radical (unpaired) electrons. The zero-order chi connectivity index (χ0) is 21.9. The van der Waals surface area contributed by atoms with Crippen molar-refractivity contribution >= 4 is 34.2 Å². The van der Waals surface area contributed by atoms with Crippen molar-refractivity contribution in [1.29, 1.82) is 0 Å². The van der Waals surface area contributed by atoms with Crippen LogP contribution in [0.5, 0.6) is 0 Å². The minimum atomic E-state index is -1.07. The van der Waals surface area contributed by atoms with Crippen LogP contribution in [0.2, 0.25) is 5.02 Å². The molecule has 8 heteroatoms. The van der Waals surface area contributed by atoms with E-state index in [0.29, 0.717) is 11.7 Å². The van der Waals surface area contributed by atoms with Crippen LogP contribution in [0.3, 0.4) is 0 Å². The second kappa shape index (κ2) is 7.67. The van der Waals surface area contributed by atoms with Gasteiger partial charge in [-0.05, 0) is 68.6 Å². The number of hydrogen-bond acceptors (Lipinski definition) is 6. The molecule has 1 aromatic carbocycles. The first-order valence-corrected chi connectivity index (χ1v) is 13.3. The van der Waals surface area contributed by atoms with Gasteiger partial charge in [-0.2, -0.15) is 4.98 Å². The molecule has 1 saturated heterocycles. The molecule has 1 aromatic heterocycles. The van der Waals surface area contributed by atoms with E-state index in [4.69, 9.17) is 21.6 Å². The highest BCUT2D eigenvalue weighted by Crippen LogP contribution is 2.54. The van der Waals surface area contributed by atoms with Gasteiger partial charge in [0.25, 0.3) is 0 Å². The van der Waals surface area contributed by atoms with Crippen LogP contribution in [0.25, 0.3) is 0 Å². The van der Waals surface area contributed by atoms with E-state index < -0.39 is 10.8 Å². The van der Waals surface area contributed by atoms with E-state index in [1.807, 2.05) is 12.1 Å². The number of halogens is 1. The fourth-order valence-electron chi connectivity index (χ4n) is 5.44. The Morgan fingerprint density at radius 1 is 1.12 bits per heavy atom. The Morgan fingerprint density at radius 3 is 2.44 bits per heavy atom. The highest BCUT2D eigenvalue weighted by atomic mass is 35.5. The molecule has 1 spiro atoms. The Morgan fingerprint density at radius 2 is 1.84 bits per heavy atom. The molecule has 2 aliphatic carbocycles. The van der Waals surface area contributed by atoms with Crippen molar-refractivity contribution in [2.75, 3.05) is 29.9 Å². The first-order valence-electron chi connectivity index (χ1n) is 11.7. The summed E-state index contributed by atoms with van der Waals surface area (Å²) in [6.45, 7) is 1.86. The third kappa shape index (κ3) is 3.44. The smallest absolute Gasteiger partial charge is 0.227 e. The molecule has 1 atom stereocenters. The van der Waals surface area contributed by atoms with Gasteiger partial charge in [0.05, 0.1) is 33.4 Å². The standard InChI is InChI=1S/C24H29ClN4O2S/c25-18-4-2-16(3-5-18)17-6-12-29(13-7-17)22-26-19-14-24(10-11-24)32(31)20(19)21(27-22)28-23(15-30)8-1-9-23/h2-5,17,30H,1,6-15H2,(H,26,27,28). The summed E-state index contributed by atoms with van der Waals surface area (Å²) in [7, 11) is -1.07. The summed E-state index contributed by atoms with van der Waals surface area (Å²) in [6.07, 6.45) is 7.81. The van der Waals surface area contributed by atoms with Gasteiger partial charge in [0.15, 0.2) is 0 Å². The Balaban J connectivity index is 1.27. The maximum atomic E-state index is 13.3. The number of anilines is 2. The summed E-state index contributed by atoms with van der Waals surface area (Å²) in [5.74, 6) is 1.95. The third-order valence-electron chi connectivity index (χ3n) is 7.92. The molecule has 6 nitrogen and oxygen atoms in total. The SMILES string of the molecule is O=S1c2c(nc(N3CCC(c4ccc(Cl)cc4)CC3)nc2NC2(CO)CCC2)CC12CC2. The van der Waals surface area contributed by atoms with Crippen LogP contribution in [0, 0.1) is 0 Å². The molecule has 3 heterocycles. The van der Waals surface area contributed by atoms with Crippen LogP contribution in [-0.2, 0) is 17.2 Å². The zero-order valence-corrected chi connectivity index (χ0v) is 19.7. The number of piperidine rings is 1. The number of aliphatic hydroxyl groups excluding tert-OH is 1. The van der Waals surface area contributed by atoms with Gasteiger partial charge < -0.3 is 15.3 Å². The van der Waals surface area contributed by atoms with Gasteiger partial charge in [0.1, 0.15) is 10.7 Å². The summed E-state index contributed by atoms with van der Waals surface area (Å²) in [6, 6.07) is 8.20. The van der Waals surface area contributed by atoms with Gasteiger partial charge in [0.2, 0.25) is 5.95 Å². The van der Waals surface area contributed by atoms with E-state index in [2.05, 4.69) is 22.3 Å². The van der Waals surface area contributed by atoms with Crippen molar-refractivity contribution in [1.82, 2.24) is 9.97 Å². The molecule has 2 aromatic rings. The van der Waals surface area contributed by atoms with Crippen molar-refractivity contribution in [3.8, 4) is 0 Å². The lowest BCUT2D eigenvalue weighted by atomic mass is 9.77. The second-order valence-electron chi connectivity index (χ2n) is 10.0. The van der Waals surface area contributed by atoms with Crippen LogP contribution in [-0.4, -0.2) is 49.3 Å². The Labute approximate surface area is 196 Å². The number of hydrogen-bond donors (Lipinski definition) is 2. The maximum Gasteiger partial charge on any atom is 0.227 e. The molecule has 2 aliphatic heterocycles. The molecule has 2 N–H and O–H groups in total. The molecule has 0 amide bonds. The highest BCUT2D eigenvalue weighted by Gasteiger charge is 2.56. The molecule has 0 bridgehead atoms. The maximum absolute atomic E-state index is 13.3. The van der Waals surface area contributed by atoms with E-state index >= 15 is 0 Å². The van der Waals surface area contributed by atoms with E-state index in [0.717, 1.165) is 86.0 Å². The van der Waals surface area contributed by atoms with Gasteiger partial charge in [-0.3, -0.25) is 4.21 Å². The zero-order valence-electron chi connectivity index (χ0n) is 18.1. The molecule has 170 valence electrons. The topological polar surface area (TPSA) is 78.4 Å². The minimum absolute atomic E-state index is 0.0748. The van der Waals surface area contributed by atoms with Gasteiger partial charge in [-0.15, -0.1) is 0 Å². The number of aromatic nitrogens is 2. The van der Waals surface area contributed by atoms with E-state index in [9.17, 15) is 9.32 Å². The largest absolute Gasteiger partial charge is 0.394 e. The predicted molar refractivity (Wildman–Crippen MR) is 127 cm³/mol. The Hall–Kier alpha value is -1.70. The summed E-state index contributed by atoms with van der Waals surface area (Å²) in [4.78, 5) is 12.9. The average molecular weight is 473 g/mol. The number of nitrogens with zero attached hydrogens (tertiary/aromatic N) is 3. The molecule has 4 aliphatic rings. The van der Waals surface area contributed by atoms with Crippen LogP contribution < -0.4 is 10.2 Å². The average Bonchev–Trinajstić information content (AvgIpc) is 3.51. The van der Waals surface area contributed by atoms with Crippen molar-refractivity contribution < 1.29 is 9.32 Å². The quantitative estimate of drug-likeness (QED) is 0.683. The van der Waals surface area contributed by atoms with Gasteiger partial charge >= 0.3 is 0 Å². The molecule has 32 heavy (non-hydrogen) atoms. The lowest BCUT2D eigenvalue weighted by Gasteiger charge is -2.42. The van der Waals surface area contributed by atoms with Crippen LogP contribution in [0.15, 0.2) is 29.2 Å². The number of nitrogens with one attached hydrogen (secondary N) is 1. The third-order valence-corrected chi connectivity index (χ3v) is 10.3. The van der Waals surface area contributed by atoms with E-state index in [-0.39, 0.29) is 16.9 Å². The molecule has 6 rings (SSSR count). The summed E-state index contributed by atoms with van der Waals surface area (Å²) in [5.41, 5.74) is 1.96. The van der Waals surface area contributed by atoms with E-state index in [1.54, 1.807) is 0 Å². The molecular formula is C24H29ClN4O2S. The fraction of sp³-hybridized carbons (Fsp3) is 0.583. The normalized spacial score (nSPS) is 25.4. The van der Waals surface area contributed by atoms with Crippen LogP contribution >= 0.6 is 11.6 Å². The molecule has 1 unspecified atom stereocenters. The van der Waals surface area contributed by atoms with Crippen LogP contribution in [0.4, 0.5) is 11.8 Å². The van der Waals surface area contributed by atoms with Gasteiger partial charge in [0, 0.05) is 24.5 Å².